The van der Waals surface area contributed by atoms with Crippen molar-refractivity contribution in [2.24, 2.45) is 5.73 Å². The van der Waals surface area contributed by atoms with Crippen molar-refractivity contribution in [1.82, 2.24) is 4.98 Å². The predicted octanol–water partition coefficient (Wildman–Crippen LogP) is 2.99. The Hall–Kier alpha value is -2.05. The maximum Gasteiger partial charge on any atom is 0.181 e. The molecular formula is C15H18N2O. The van der Waals surface area contributed by atoms with Crippen LogP contribution in [0, 0.1) is 18.8 Å². The van der Waals surface area contributed by atoms with Crippen LogP contribution in [-0.2, 0) is 0 Å². The highest BCUT2D eigenvalue weighted by molar-refractivity contribution is 5.60. The minimum absolute atomic E-state index is 0.367. The first-order valence-corrected chi connectivity index (χ1v) is 5.99. The molecule has 2 rings (SSSR count). The summed E-state index contributed by atoms with van der Waals surface area (Å²) in [4.78, 5) is 3.90. The molecule has 0 saturated heterocycles. The molecule has 18 heavy (non-hydrogen) atoms. The molecule has 0 saturated carbocycles. The zero-order chi connectivity index (χ0) is 13.4. The fraction of sp³-hybridized carbons (Fsp3) is 0.267. The summed E-state index contributed by atoms with van der Waals surface area (Å²) in [6.07, 6.45) is 3.11. The molecule has 1 aromatic heterocycles. The monoisotopic (exact) mass is 242 g/mol. The lowest BCUT2D eigenvalue weighted by molar-refractivity contribution is 0.572. The zero-order valence-electron chi connectivity index (χ0n) is 11.0. The number of oxazole rings is 1. The SMILES string of the molecule is CC.Cc1cc(C#CCN)cc(-c2cnco2)c1. The minimum atomic E-state index is 0.367. The van der Waals surface area contributed by atoms with Crippen molar-refractivity contribution in [1.29, 1.82) is 0 Å². The van der Waals surface area contributed by atoms with Crippen LogP contribution in [0.15, 0.2) is 35.2 Å². The van der Waals surface area contributed by atoms with E-state index in [4.69, 9.17) is 10.2 Å². The Morgan fingerprint density at radius 2 is 2.06 bits per heavy atom. The van der Waals surface area contributed by atoms with E-state index < -0.39 is 0 Å². The molecule has 0 radical (unpaired) electrons. The van der Waals surface area contributed by atoms with Crippen molar-refractivity contribution in [3.8, 4) is 23.2 Å². The summed E-state index contributed by atoms with van der Waals surface area (Å²) in [6.45, 7) is 6.39. The molecule has 3 heteroatoms. The lowest BCUT2D eigenvalue weighted by atomic mass is 10.1. The van der Waals surface area contributed by atoms with Gasteiger partial charge in [0.25, 0.3) is 0 Å². The molecule has 2 aromatic rings. The van der Waals surface area contributed by atoms with E-state index in [1.807, 2.05) is 39.0 Å². The van der Waals surface area contributed by atoms with Crippen LogP contribution in [0.3, 0.4) is 0 Å². The lowest BCUT2D eigenvalue weighted by Crippen LogP contribution is -1.93. The number of rotatable bonds is 1. The Bertz CT molecular complexity index is 533. The van der Waals surface area contributed by atoms with Gasteiger partial charge in [0, 0.05) is 11.1 Å². The summed E-state index contributed by atoms with van der Waals surface area (Å²) in [5.74, 6) is 6.60. The van der Waals surface area contributed by atoms with Crippen molar-refractivity contribution in [3.63, 3.8) is 0 Å². The van der Waals surface area contributed by atoms with E-state index in [9.17, 15) is 0 Å². The molecule has 0 amide bonds. The predicted molar refractivity (Wildman–Crippen MR) is 74.0 cm³/mol. The molecule has 0 aliphatic heterocycles. The minimum Gasteiger partial charge on any atom is -0.444 e. The number of hydrogen-bond donors (Lipinski definition) is 1. The molecule has 94 valence electrons. The zero-order valence-corrected chi connectivity index (χ0v) is 11.0. The Balaban J connectivity index is 0.000000771. The number of aromatic nitrogens is 1. The van der Waals surface area contributed by atoms with Crippen LogP contribution < -0.4 is 5.73 Å². The average Bonchev–Trinajstić information content (AvgIpc) is 2.92. The Morgan fingerprint density at radius 3 is 2.67 bits per heavy atom. The van der Waals surface area contributed by atoms with E-state index >= 15 is 0 Å². The second kappa shape index (κ2) is 7.31. The van der Waals surface area contributed by atoms with Crippen LogP contribution in [0.1, 0.15) is 25.0 Å². The van der Waals surface area contributed by atoms with Gasteiger partial charge in [0.15, 0.2) is 12.2 Å². The Morgan fingerprint density at radius 1 is 1.28 bits per heavy atom. The fourth-order valence-corrected chi connectivity index (χ4v) is 1.51. The van der Waals surface area contributed by atoms with E-state index in [0.29, 0.717) is 6.54 Å². The summed E-state index contributed by atoms with van der Waals surface area (Å²) < 4.78 is 5.25. The molecule has 0 fully saturated rings. The number of nitrogens with zero attached hydrogens (tertiary/aromatic N) is 1. The third-order valence-corrected chi connectivity index (χ3v) is 2.13. The van der Waals surface area contributed by atoms with Gasteiger partial charge in [0.2, 0.25) is 0 Å². The second-order valence-electron chi connectivity index (χ2n) is 3.46. The first kappa shape index (κ1) is 14.0. The highest BCUT2D eigenvalue weighted by Gasteiger charge is 2.03. The van der Waals surface area contributed by atoms with Crippen LogP contribution in [0.25, 0.3) is 11.3 Å². The maximum absolute atomic E-state index is 5.34. The van der Waals surface area contributed by atoms with Crippen molar-refractivity contribution >= 4 is 0 Å². The summed E-state index contributed by atoms with van der Waals surface area (Å²) in [5, 5.41) is 0. The van der Waals surface area contributed by atoms with E-state index in [1.54, 1.807) is 6.20 Å². The van der Waals surface area contributed by atoms with E-state index in [2.05, 4.69) is 16.8 Å². The molecule has 0 unspecified atom stereocenters. The van der Waals surface area contributed by atoms with Crippen LogP contribution in [-0.4, -0.2) is 11.5 Å². The number of nitrogens with two attached hydrogens (primary N) is 1. The molecule has 1 heterocycles. The van der Waals surface area contributed by atoms with Gasteiger partial charge in [-0.2, -0.15) is 0 Å². The Kier molecular flexibility index (Phi) is 5.69. The van der Waals surface area contributed by atoms with E-state index in [1.165, 1.54) is 6.39 Å². The van der Waals surface area contributed by atoms with E-state index in [0.717, 1.165) is 22.5 Å². The molecule has 0 spiro atoms. The smallest absolute Gasteiger partial charge is 0.181 e. The Labute approximate surface area is 108 Å². The first-order chi connectivity index (χ1) is 8.79. The van der Waals surface area contributed by atoms with Gasteiger partial charge in [-0.1, -0.05) is 25.7 Å². The summed E-state index contributed by atoms with van der Waals surface area (Å²) in [7, 11) is 0. The van der Waals surface area contributed by atoms with E-state index in [-0.39, 0.29) is 0 Å². The summed E-state index contributed by atoms with van der Waals surface area (Å²) in [5.41, 5.74) is 8.41. The topological polar surface area (TPSA) is 52.0 Å². The fourth-order valence-electron chi connectivity index (χ4n) is 1.51. The van der Waals surface area contributed by atoms with Crippen LogP contribution in [0.5, 0.6) is 0 Å². The van der Waals surface area contributed by atoms with Gasteiger partial charge in [-0.05, 0) is 30.7 Å². The molecule has 1 aromatic carbocycles. The van der Waals surface area contributed by atoms with Gasteiger partial charge in [-0.3, -0.25) is 0 Å². The number of benzene rings is 1. The van der Waals surface area contributed by atoms with Gasteiger partial charge < -0.3 is 10.2 Å². The summed E-state index contributed by atoms with van der Waals surface area (Å²) in [6, 6.07) is 6.02. The summed E-state index contributed by atoms with van der Waals surface area (Å²) >= 11 is 0. The van der Waals surface area contributed by atoms with Gasteiger partial charge in [-0.15, -0.1) is 0 Å². The largest absolute Gasteiger partial charge is 0.444 e. The second-order valence-corrected chi connectivity index (χ2v) is 3.46. The van der Waals surface area contributed by atoms with Gasteiger partial charge in [0.1, 0.15) is 0 Å². The molecule has 0 aliphatic rings. The third-order valence-electron chi connectivity index (χ3n) is 2.13. The molecule has 3 nitrogen and oxygen atoms in total. The van der Waals surface area contributed by atoms with Crippen LogP contribution in [0.2, 0.25) is 0 Å². The van der Waals surface area contributed by atoms with Crippen molar-refractivity contribution in [2.75, 3.05) is 6.54 Å². The quantitative estimate of drug-likeness (QED) is 0.782. The van der Waals surface area contributed by atoms with Gasteiger partial charge in [0.05, 0.1) is 12.7 Å². The molecule has 0 atom stereocenters. The molecule has 0 aliphatic carbocycles. The standard InChI is InChI=1S/C13H12N2O.C2H6/c1-10-5-11(3-2-4-14)7-12(6-10)13-8-15-9-16-13;1-2/h5-9H,4,14H2,1H3;1-2H3. The van der Waals surface area contributed by atoms with Gasteiger partial charge in [-0.25, -0.2) is 4.98 Å². The first-order valence-electron chi connectivity index (χ1n) is 5.99. The lowest BCUT2D eigenvalue weighted by Gasteiger charge is -2.00. The molecule has 0 bridgehead atoms. The third kappa shape index (κ3) is 3.76. The highest BCUT2D eigenvalue weighted by Crippen LogP contribution is 2.21. The highest BCUT2D eigenvalue weighted by atomic mass is 16.3. The number of hydrogen-bond acceptors (Lipinski definition) is 3. The molecule has 2 N–H and O–H groups in total. The normalized spacial score (nSPS) is 8.89. The van der Waals surface area contributed by atoms with Crippen LogP contribution in [0.4, 0.5) is 0 Å². The average molecular weight is 242 g/mol. The van der Waals surface area contributed by atoms with Gasteiger partial charge >= 0.3 is 0 Å². The van der Waals surface area contributed by atoms with Crippen molar-refractivity contribution < 1.29 is 4.42 Å². The van der Waals surface area contributed by atoms with Crippen molar-refractivity contribution in [2.45, 2.75) is 20.8 Å². The van der Waals surface area contributed by atoms with Crippen molar-refractivity contribution in [3.05, 3.63) is 41.9 Å². The molecular weight excluding hydrogens is 224 g/mol. The van der Waals surface area contributed by atoms with Crippen LogP contribution >= 0.6 is 0 Å². The number of aryl methyl sites for hydroxylation is 1. The maximum atomic E-state index is 5.34.